The molecule has 0 aliphatic heterocycles. The van der Waals surface area contributed by atoms with Crippen molar-refractivity contribution in [1.29, 1.82) is 0 Å². The summed E-state index contributed by atoms with van der Waals surface area (Å²) in [5, 5.41) is 0. The van der Waals surface area contributed by atoms with Gasteiger partial charge in [0.2, 0.25) is 0 Å². The second kappa shape index (κ2) is 7.10. The van der Waals surface area contributed by atoms with Gasteiger partial charge in [-0.3, -0.25) is 4.79 Å². The summed E-state index contributed by atoms with van der Waals surface area (Å²) in [6.45, 7) is 5.75. The number of ether oxygens (including phenoxy) is 1. The standard InChI is InChI=1S/C11H24O5Si/c1-7-11(2,3)16-10(12)8-9-17(13-4,14-5)15-6/h7-9H2,1-6H3. The first kappa shape index (κ1) is 16.6. The van der Waals surface area contributed by atoms with E-state index in [1.54, 1.807) is 0 Å². The first-order valence-electron chi connectivity index (χ1n) is 5.72. The van der Waals surface area contributed by atoms with Gasteiger partial charge < -0.3 is 18.0 Å². The zero-order chi connectivity index (χ0) is 13.5. The Morgan fingerprint density at radius 2 is 1.59 bits per heavy atom. The maximum absolute atomic E-state index is 11.6. The van der Waals surface area contributed by atoms with Crippen LogP contribution < -0.4 is 0 Å². The Morgan fingerprint density at radius 1 is 1.12 bits per heavy atom. The van der Waals surface area contributed by atoms with Gasteiger partial charge in [0.15, 0.2) is 0 Å². The zero-order valence-corrected chi connectivity index (χ0v) is 12.7. The van der Waals surface area contributed by atoms with E-state index in [4.69, 9.17) is 18.0 Å². The Bertz CT molecular complexity index is 230. The molecular weight excluding hydrogens is 240 g/mol. The third-order valence-electron chi connectivity index (χ3n) is 2.81. The van der Waals surface area contributed by atoms with Gasteiger partial charge in [0, 0.05) is 33.8 Å². The first-order chi connectivity index (χ1) is 7.84. The average molecular weight is 264 g/mol. The predicted molar refractivity (Wildman–Crippen MR) is 66.7 cm³/mol. The Kier molecular flexibility index (Phi) is 6.92. The van der Waals surface area contributed by atoms with Crippen LogP contribution in [0.3, 0.4) is 0 Å². The molecule has 0 aromatic rings. The van der Waals surface area contributed by atoms with Gasteiger partial charge in [0.05, 0.1) is 0 Å². The second-order valence-electron chi connectivity index (χ2n) is 4.38. The summed E-state index contributed by atoms with van der Waals surface area (Å²) in [6.07, 6.45) is 1.02. The van der Waals surface area contributed by atoms with Crippen molar-refractivity contribution in [3.8, 4) is 0 Å². The summed E-state index contributed by atoms with van der Waals surface area (Å²) in [5.74, 6) is -0.250. The smallest absolute Gasteiger partial charge is 0.460 e. The van der Waals surface area contributed by atoms with E-state index < -0.39 is 14.4 Å². The summed E-state index contributed by atoms with van der Waals surface area (Å²) in [5.41, 5.74) is -0.422. The van der Waals surface area contributed by atoms with E-state index in [9.17, 15) is 4.79 Å². The predicted octanol–water partition coefficient (Wildman–Crippen LogP) is 1.99. The number of carbonyl (C=O) groups is 1. The van der Waals surface area contributed by atoms with Crippen molar-refractivity contribution in [2.45, 2.75) is 45.3 Å². The van der Waals surface area contributed by atoms with Gasteiger partial charge in [-0.15, -0.1) is 0 Å². The highest BCUT2D eigenvalue weighted by Crippen LogP contribution is 2.19. The average Bonchev–Trinajstić information content (AvgIpc) is 2.31. The highest BCUT2D eigenvalue weighted by molar-refractivity contribution is 6.60. The molecule has 0 heterocycles. The maximum Gasteiger partial charge on any atom is 0.500 e. The highest BCUT2D eigenvalue weighted by Gasteiger charge is 2.38. The van der Waals surface area contributed by atoms with Gasteiger partial charge in [-0.05, 0) is 20.3 Å². The molecule has 0 unspecified atom stereocenters. The van der Waals surface area contributed by atoms with Crippen LogP contribution in [0.2, 0.25) is 6.04 Å². The molecule has 0 N–H and O–H groups in total. The molecule has 6 heteroatoms. The number of carbonyl (C=O) groups excluding carboxylic acids is 1. The van der Waals surface area contributed by atoms with Gasteiger partial charge in [0.25, 0.3) is 0 Å². The SMILES string of the molecule is CCC(C)(C)OC(=O)CC[Si](OC)(OC)OC. The third-order valence-corrected chi connectivity index (χ3v) is 5.54. The summed E-state index contributed by atoms with van der Waals surface area (Å²) in [7, 11) is 1.92. The molecule has 0 amide bonds. The molecule has 0 rings (SSSR count). The van der Waals surface area contributed by atoms with Crippen LogP contribution >= 0.6 is 0 Å². The van der Waals surface area contributed by atoms with Gasteiger partial charge in [-0.25, -0.2) is 0 Å². The molecule has 0 saturated heterocycles. The molecule has 0 spiro atoms. The minimum Gasteiger partial charge on any atom is -0.460 e. The van der Waals surface area contributed by atoms with Crippen LogP contribution in [0.5, 0.6) is 0 Å². The van der Waals surface area contributed by atoms with E-state index in [-0.39, 0.29) is 12.4 Å². The van der Waals surface area contributed by atoms with Crippen molar-refractivity contribution in [2.24, 2.45) is 0 Å². The van der Waals surface area contributed by atoms with Crippen LogP contribution in [0.25, 0.3) is 0 Å². The highest BCUT2D eigenvalue weighted by atomic mass is 28.4. The summed E-state index contributed by atoms with van der Waals surface area (Å²) < 4.78 is 21.0. The van der Waals surface area contributed by atoms with E-state index >= 15 is 0 Å². The fourth-order valence-electron chi connectivity index (χ4n) is 1.24. The van der Waals surface area contributed by atoms with Crippen molar-refractivity contribution in [1.82, 2.24) is 0 Å². The van der Waals surface area contributed by atoms with Crippen molar-refractivity contribution < 1.29 is 22.8 Å². The molecule has 0 aliphatic carbocycles. The molecule has 102 valence electrons. The monoisotopic (exact) mass is 264 g/mol. The Morgan fingerprint density at radius 3 is 1.94 bits per heavy atom. The van der Waals surface area contributed by atoms with Crippen molar-refractivity contribution in [3.05, 3.63) is 0 Å². The molecule has 0 atom stereocenters. The molecule has 0 aliphatic rings. The van der Waals surface area contributed by atoms with Crippen molar-refractivity contribution >= 4 is 14.8 Å². The second-order valence-corrected chi connectivity index (χ2v) is 7.47. The quantitative estimate of drug-likeness (QED) is 0.495. The molecule has 0 aromatic heterocycles. The fourth-order valence-corrected chi connectivity index (χ4v) is 2.87. The summed E-state index contributed by atoms with van der Waals surface area (Å²) in [6, 6.07) is 0.426. The van der Waals surface area contributed by atoms with Crippen molar-refractivity contribution in [3.63, 3.8) is 0 Å². The fraction of sp³-hybridized carbons (Fsp3) is 0.909. The number of hydrogen-bond donors (Lipinski definition) is 0. The molecule has 17 heavy (non-hydrogen) atoms. The molecule has 0 radical (unpaired) electrons. The van der Waals surface area contributed by atoms with Gasteiger partial charge in [-0.2, -0.15) is 0 Å². The normalized spacial score (nSPS) is 12.6. The number of rotatable bonds is 8. The van der Waals surface area contributed by atoms with Crippen molar-refractivity contribution in [2.75, 3.05) is 21.3 Å². The lowest BCUT2D eigenvalue weighted by atomic mass is 10.1. The molecular formula is C11H24O5Si. The lowest BCUT2D eigenvalue weighted by Crippen LogP contribution is -2.43. The third kappa shape index (κ3) is 5.63. The maximum atomic E-state index is 11.6. The molecule has 0 bridgehead atoms. The Balaban J connectivity index is 4.23. The van der Waals surface area contributed by atoms with Crippen LogP contribution in [-0.2, 0) is 22.8 Å². The van der Waals surface area contributed by atoms with E-state index in [1.807, 2.05) is 20.8 Å². The Hall–Kier alpha value is -0.433. The summed E-state index contributed by atoms with van der Waals surface area (Å²) in [4.78, 5) is 11.6. The largest absolute Gasteiger partial charge is 0.500 e. The lowest BCUT2D eigenvalue weighted by Gasteiger charge is -2.26. The van der Waals surface area contributed by atoms with Gasteiger partial charge in [0.1, 0.15) is 5.60 Å². The molecule has 5 nitrogen and oxygen atoms in total. The Labute approximate surface area is 105 Å². The topological polar surface area (TPSA) is 54.0 Å². The van der Waals surface area contributed by atoms with E-state index in [1.165, 1.54) is 21.3 Å². The van der Waals surface area contributed by atoms with Gasteiger partial charge in [-0.1, -0.05) is 6.92 Å². The van der Waals surface area contributed by atoms with Crippen LogP contribution in [0.1, 0.15) is 33.6 Å². The van der Waals surface area contributed by atoms with E-state index in [2.05, 4.69) is 0 Å². The van der Waals surface area contributed by atoms with Crippen LogP contribution in [0, 0.1) is 0 Å². The lowest BCUT2D eigenvalue weighted by molar-refractivity contribution is -0.156. The zero-order valence-electron chi connectivity index (χ0n) is 11.7. The molecule has 0 saturated carbocycles. The van der Waals surface area contributed by atoms with E-state index in [0.717, 1.165) is 6.42 Å². The minimum absolute atomic E-state index is 0.241. The molecule has 0 aromatic carbocycles. The summed E-state index contributed by atoms with van der Waals surface area (Å²) >= 11 is 0. The van der Waals surface area contributed by atoms with Crippen LogP contribution in [0.4, 0.5) is 0 Å². The van der Waals surface area contributed by atoms with Gasteiger partial charge >= 0.3 is 14.8 Å². The number of hydrogen-bond acceptors (Lipinski definition) is 5. The first-order valence-corrected chi connectivity index (χ1v) is 7.65. The minimum atomic E-state index is -2.67. The number of esters is 1. The molecule has 0 fully saturated rings. The van der Waals surface area contributed by atoms with E-state index in [0.29, 0.717) is 6.04 Å². The van der Waals surface area contributed by atoms with Crippen LogP contribution in [0.15, 0.2) is 0 Å². The van der Waals surface area contributed by atoms with Crippen LogP contribution in [-0.4, -0.2) is 41.7 Å².